The van der Waals surface area contributed by atoms with Crippen molar-refractivity contribution in [3.63, 3.8) is 0 Å². The van der Waals surface area contributed by atoms with Crippen LogP contribution in [0.1, 0.15) is 12.1 Å². The number of imidazole rings is 1. The third-order valence-corrected chi connectivity index (χ3v) is 3.23. The Morgan fingerprint density at radius 2 is 2.06 bits per heavy atom. The molecule has 0 saturated carbocycles. The normalized spacial score (nSPS) is 19.0. The molecule has 88 valence electrons. The van der Waals surface area contributed by atoms with Gasteiger partial charge in [-0.15, -0.1) is 0 Å². The zero-order valence-corrected chi connectivity index (χ0v) is 9.50. The average Bonchev–Trinajstić information content (AvgIpc) is 2.73. The molecule has 4 heteroatoms. The Bertz CT molecular complexity index is 530. The summed E-state index contributed by atoms with van der Waals surface area (Å²) in [4.78, 5) is 4.44. The van der Waals surface area contributed by atoms with E-state index in [1.807, 2.05) is 30.5 Å². The predicted molar refractivity (Wildman–Crippen MR) is 66.4 cm³/mol. The zero-order valence-electron chi connectivity index (χ0n) is 9.50. The van der Waals surface area contributed by atoms with Crippen LogP contribution in [-0.4, -0.2) is 20.8 Å². The lowest BCUT2D eigenvalue weighted by molar-refractivity contribution is 0.132. The van der Waals surface area contributed by atoms with E-state index in [1.54, 1.807) is 0 Å². The highest BCUT2D eigenvalue weighted by atomic mass is 16.3. The Morgan fingerprint density at radius 1 is 1.29 bits per heavy atom. The van der Waals surface area contributed by atoms with Gasteiger partial charge in [-0.05, 0) is 37.1 Å². The van der Waals surface area contributed by atoms with Crippen molar-refractivity contribution in [2.24, 2.45) is 0 Å². The second-order valence-electron chi connectivity index (χ2n) is 4.50. The molecule has 3 N–H and O–H groups in total. The van der Waals surface area contributed by atoms with Crippen molar-refractivity contribution in [1.29, 1.82) is 0 Å². The molecule has 0 aliphatic carbocycles. The summed E-state index contributed by atoms with van der Waals surface area (Å²) < 4.78 is 2.10. The van der Waals surface area contributed by atoms with E-state index in [0.29, 0.717) is 6.54 Å². The number of benzene rings is 1. The van der Waals surface area contributed by atoms with Gasteiger partial charge in [0.25, 0.3) is 0 Å². The monoisotopic (exact) mass is 229 g/mol. The number of hydrogen-bond acceptors (Lipinski definition) is 3. The Kier molecular flexibility index (Phi) is 2.37. The molecule has 0 radical (unpaired) electrons. The Morgan fingerprint density at radius 3 is 2.82 bits per heavy atom. The van der Waals surface area contributed by atoms with Crippen LogP contribution in [0.2, 0.25) is 0 Å². The molecular weight excluding hydrogens is 214 g/mol. The molecule has 3 rings (SSSR count). The topological polar surface area (TPSA) is 64.1 Å². The molecule has 1 aliphatic rings. The van der Waals surface area contributed by atoms with Gasteiger partial charge in [0.15, 0.2) is 0 Å². The van der Waals surface area contributed by atoms with Gasteiger partial charge in [-0.2, -0.15) is 0 Å². The third-order valence-electron chi connectivity index (χ3n) is 3.23. The summed E-state index contributed by atoms with van der Waals surface area (Å²) in [5.74, 6) is 0.916. The number of hydrogen-bond donors (Lipinski definition) is 2. The minimum atomic E-state index is -0.260. The maximum atomic E-state index is 9.72. The fourth-order valence-electron chi connectivity index (χ4n) is 2.29. The number of nitrogens with two attached hydrogens (primary N) is 1. The van der Waals surface area contributed by atoms with Gasteiger partial charge in [0.1, 0.15) is 5.82 Å². The molecule has 1 aromatic heterocycles. The second kappa shape index (κ2) is 3.89. The number of nitrogens with zero attached hydrogens (tertiary/aromatic N) is 2. The van der Waals surface area contributed by atoms with Crippen LogP contribution in [-0.2, 0) is 13.0 Å². The van der Waals surface area contributed by atoms with Crippen LogP contribution in [0, 0.1) is 0 Å². The Hall–Kier alpha value is -1.81. The molecule has 17 heavy (non-hydrogen) atoms. The fourth-order valence-corrected chi connectivity index (χ4v) is 2.29. The summed E-state index contributed by atoms with van der Waals surface area (Å²) in [6.45, 7) is 0.634. The summed E-state index contributed by atoms with van der Waals surface area (Å²) >= 11 is 0. The fraction of sp³-hybridized carbons (Fsp3) is 0.308. The number of fused-ring (bicyclic) bond motifs is 1. The van der Waals surface area contributed by atoms with Crippen LogP contribution in [0.25, 0.3) is 11.4 Å². The van der Waals surface area contributed by atoms with Gasteiger partial charge >= 0.3 is 0 Å². The Balaban J connectivity index is 2.04. The average molecular weight is 229 g/mol. The van der Waals surface area contributed by atoms with Crippen LogP contribution < -0.4 is 5.73 Å². The number of aliphatic hydroxyl groups is 1. The van der Waals surface area contributed by atoms with Crippen molar-refractivity contribution in [2.45, 2.75) is 25.5 Å². The van der Waals surface area contributed by atoms with Crippen LogP contribution >= 0.6 is 0 Å². The molecule has 0 bridgehead atoms. The van der Waals surface area contributed by atoms with Gasteiger partial charge < -0.3 is 15.4 Å². The maximum Gasteiger partial charge on any atom is 0.140 e. The summed E-state index contributed by atoms with van der Waals surface area (Å²) in [5, 5.41) is 9.72. The number of aliphatic hydroxyl groups excluding tert-OH is 1. The van der Waals surface area contributed by atoms with E-state index in [-0.39, 0.29) is 6.10 Å². The number of rotatable bonds is 1. The van der Waals surface area contributed by atoms with Crippen molar-refractivity contribution in [3.05, 3.63) is 36.2 Å². The van der Waals surface area contributed by atoms with Gasteiger partial charge in [0.05, 0.1) is 12.6 Å². The van der Waals surface area contributed by atoms with E-state index in [0.717, 1.165) is 29.9 Å². The summed E-state index contributed by atoms with van der Waals surface area (Å²) in [6, 6.07) is 7.67. The lowest BCUT2D eigenvalue weighted by atomic mass is 10.1. The number of nitrogen functional groups attached to an aromatic ring is 1. The number of aryl methyl sites for hydroxylation is 1. The molecule has 2 aromatic rings. The van der Waals surface area contributed by atoms with Crippen LogP contribution in [0.15, 0.2) is 30.5 Å². The molecule has 1 aromatic carbocycles. The van der Waals surface area contributed by atoms with Crippen molar-refractivity contribution in [1.82, 2.24) is 9.55 Å². The van der Waals surface area contributed by atoms with Crippen LogP contribution in [0.5, 0.6) is 0 Å². The van der Waals surface area contributed by atoms with Gasteiger partial charge in [0, 0.05) is 23.1 Å². The minimum absolute atomic E-state index is 0.260. The van der Waals surface area contributed by atoms with E-state index in [2.05, 4.69) is 9.55 Å². The van der Waals surface area contributed by atoms with Crippen LogP contribution in [0.3, 0.4) is 0 Å². The second-order valence-corrected chi connectivity index (χ2v) is 4.50. The lowest BCUT2D eigenvalue weighted by Gasteiger charge is -2.21. The molecule has 2 heterocycles. The molecule has 0 amide bonds. The molecule has 1 aliphatic heterocycles. The molecular formula is C13H15N3O. The molecule has 0 saturated heterocycles. The summed E-state index contributed by atoms with van der Waals surface area (Å²) in [7, 11) is 0. The number of aromatic nitrogens is 2. The summed E-state index contributed by atoms with van der Waals surface area (Å²) in [5.41, 5.74) is 8.66. The predicted octanol–water partition coefficient (Wildman–Crippen LogP) is 1.44. The smallest absolute Gasteiger partial charge is 0.140 e. The first-order chi connectivity index (χ1) is 8.24. The van der Waals surface area contributed by atoms with E-state index in [9.17, 15) is 5.11 Å². The first-order valence-corrected chi connectivity index (χ1v) is 5.82. The highest BCUT2D eigenvalue weighted by Crippen LogP contribution is 2.25. The first kappa shape index (κ1) is 10.4. The van der Waals surface area contributed by atoms with Crippen molar-refractivity contribution in [3.8, 4) is 11.4 Å². The van der Waals surface area contributed by atoms with Gasteiger partial charge in [0.2, 0.25) is 0 Å². The molecule has 1 atom stereocenters. The van der Waals surface area contributed by atoms with Crippen molar-refractivity contribution in [2.75, 3.05) is 5.73 Å². The van der Waals surface area contributed by atoms with Gasteiger partial charge in [-0.1, -0.05) is 0 Å². The van der Waals surface area contributed by atoms with Crippen molar-refractivity contribution < 1.29 is 5.11 Å². The van der Waals surface area contributed by atoms with E-state index < -0.39 is 0 Å². The maximum absolute atomic E-state index is 9.72. The molecule has 1 unspecified atom stereocenters. The lowest BCUT2D eigenvalue weighted by Crippen LogP contribution is -2.24. The highest BCUT2D eigenvalue weighted by molar-refractivity contribution is 5.59. The molecule has 0 spiro atoms. The molecule has 4 nitrogen and oxygen atoms in total. The minimum Gasteiger partial charge on any atom is -0.399 e. The van der Waals surface area contributed by atoms with E-state index in [1.165, 1.54) is 5.69 Å². The van der Waals surface area contributed by atoms with Gasteiger partial charge in [-0.3, -0.25) is 0 Å². The van der Waals surface area contributed by atoms with Gasteiger partial charge in [-0.25, -0.2) is 4.98 Å². The standard InChI is InChI=1S/C13H15N3O/c14-10-3-1-9(2-4-10)13-15-7-11-5-6-12(17)8-16(11)13/h1-4,7,12,17H,5-6,8,14H2. The number of anilines is 1. The Labute approximate surface area is 99.7 Å². The van der Waals surface area contributed by atoms with Crippen molar-refractivity contribution >= 4 is 5.69 Å². The summed E-state index contributed by atoms with van der Waals surface area (Å²) in [6.07, 6.45) is 3.36. The quantitative estimate of drug-likeness (QED) is 0.727. The zero-order chi connectivity index (χ0) is 11.8. The van der Waals surface area contributed by atoms with E-state index in [4.69, 9.17) is 5.73 Å². The third kappa shape index (κ3) is 1.80. The van der Waals surface area contributed by atoms with E-state index >= 15 is 0 Å². The highest BCUT2D eigenvalue weighted by Gasteiger charge is 2.20. The van der Waals surface area contributed by atoms with Crippen LogP contribution in [0.4, 0.5) is 5.69 Å². The molecule has 0 fully saturated rings. The SMILES string of the molecule is Nc1ccc(-c2ncc3n2CC(O)CC3)cc1. The first-order valence-electron chi connectivity index (χ1n) is 5.82. The largest absolute Gasteiger partial charge is 0.399 e.